The first-order valence-electron chi connectivity index (χ1n) is 20.4. The highest BCUT2D eigenvalue weighted by molar-refractivity contribution is 6.73. The van der Waals surface area contributed by atoms with Gasteiger partial charge in [-0.15, -0.1) is 0 Å². The van der Waals surface area contributed by atoms with Crippen LogP contribution in [-0.4, -0.2) is 12.3 Å². The predicted molar refractivity (Wildman–Crippen MR) is 248 cm³/mol. The van der Waals surface area contributed by atoms with E-state index in [0.717, 1.165) is 13.0 Å². The van der Waals surface area contributed by atoms with Crippen molar-refractivity contribution in [2.45, 2.75) is 19.3 Å². The van der Waals surface area contributed by atoms with Gasteiger partial charge in [0.25, 0.3) is 0 Å². The van der Waals surface area contributed by atoms with Crippen molar-refractivity contribution < 1.29 is 0 Å². The van der Waals surface area contributed by atoms with Gasteiger partial charge in [-0.1, -0.05) is 177 Å². The molecular formula is C55H39BN2. The fourth-order valence-corrected chi connectivity index (χ4v) is 10.3. The molecule has 272 valence electrons. The highest BCUT2D eigenvalue weighted by Crippen LogP contribution is 2.55. The van der Waals surface area contributed by atoms with Gasteiger partial charge in [-0.25, -0.2) is 0 Å². The van der Waals surface area contributed by atoms with Crippen LogP contribution in [0.4, 0.5) is 17.1 Å². The van der Waals surface area contributed by atoms with Crippen molar-refractivity contribution in [1.82, 2.24) is 4.98 Å². The third-order valence-electron chi connectivity index (χ3n) is 13.0. The molecule has 0 amide bonds. The van der Waals surface area contributed by atoms with E-state index < -0.39 is 0 Å². The molecular weight excluding hydrogens is 699 g/mol. The minimum atomic E-state index is -0.217. The largest absolute Gasteiger partial charge is 0.354 e. The Morgan fingerprint density at radius 2 is 1.16 bits per heavy atom. The minimum Gasteiger partial charge on any atom is -0.354 e. The standard InChI is InChI=1S/C55H39BN2/c1-55(2)45-23-12-11-20-41(45)44-33-49-53(51(52(44)55)43-22-13-21-42-50-40-19-10-9-18-37(40)26-30-47(50)57-54(42)43)56-46-32-38(35-16-7-4-8-17-35)27-31-48(46)58(49)39-28-24-36(25-29-39)34-14-5-3-6-15-34/h3-33,56-57H,1-2H3. The maximum absolute atomic E-state index is 3.98. The molecule has 2 heterocycles. The zero-order valence-electron chi connectivity index (χ0n) is 32.6. The molecule has 1 aliphatic carbocycles. The summed E-state index contributed by atoms with van der Waals surface area (Å²) in [6.45, 7) is 4.85. The van der Waals surface area contributed by atoms with Crippen LogP contribution in [-0.2, 0) is 5.41 Å². The van der Waals surface area contributed by atoms with Gasteiger partial charge in [0.2, 0.25) is 0 Å². The second kappa shape index (κ2) is 12.5. The Morgan fingerprint density at radius 3 is 1.97 bits per heavy atom. The quantitative estimate of drug-likeness (QED) is 0.178. The lowest BCUT2D eigenvalue weighted by atomic mass is 9.56. The van der Waals surface area contributed by atoms with Crippen LogP contribution in [0.5, 0.6) is 0 Å². The summed E-state index contributed by atoms with van der Waals surface area (Å²) in [7, 11) is 0.818. The first kappa shape index (κ1) is 33.1. The number of nitrogens with one attached hydrogen (secondary N) is 1. The van der Waals surface area contributed by atoms with E-state index in [1.807, 2.05) is 0 Å². The molecule has 2 nitrogen and oxygen atoms in total. The van der Waals surface area contributed by atoms with E-state index in [-0.39, 0.29) is 5.41 Å². The zero-order chi connectivity index (χ0) is 38.5. The minimum absolute atomic E-state index is 0.217. The molecule has 1 aliphatic heterocycles. The number of nitrogens with zero attached hydrogens (tertiary/aromatic N) is 1. The number of anilines is 3. The topological polar surface area (TPSA) is 19.0 Å². The molecule has 10 aromatic rings. The summed E-state index contributed by atoms with van der Waals surface area (Å²) < 4.78 is 0. The Balaban J connectivity index is 1.17. The number of rotatable bonds is 4. The fraction of sp³-hybridized carbons (Fsp3) is 0.0545. The maximum atomic E-state index is 3.98. The molecule has 1 N–H and O–H groups in total. The zero-order valence-corrected chi connectivity index (χ0v) is 32.6. The molecule has 0 radical (unpaired) electrons. The van der Waals surface area contributed by atoms with Crippen LogP contribution < -0.4 is 15.8 Å². The summed E-state index contributed by atoms with van der Waals surface area (Å²) in [6, 6.07) is 69.6. The van der Waals surface area contributed by atoms with Crippen LogP contribution in [0, 0.1) is 0 Å². The number of benzene rings is 9. The van der Waals surface area contributed by atoms with Crippen LogP contribution in [0.3, 0.4) is 0 Å². The van der Waals surface area contributed by atoms with E-state index in [9.17, 15) is 0 Å². The van der Waals surface area contributed by atoms with E-state index >= 15 is 0 Å². The summed E-state index contributed by atoms with van der Waals surface area (Å²) in [5.74, 6) is 0. The lowest BCUT2D eigenvalue weighted by Crippen LogP contribution is -2.42. The highest BCUT2D eigenvalue weighted by Gasteiger charge is 2.41. The Morgan fingerprint density at radius 1 is 0.500 bits per heavy atom. The summed E-state index contributed by atoms with van der Waals surface area (Å²) in [4.78, 5) is 6.52. The smallest absolute Gasteiger partial charge is 0.198 e. The molecule has 9 aromatic carbocycles. The Bertz CT molecular complexity index is 3270. The Labute approximate surface area is 339 Å². The Kier molecular flexibility index (Phi) is 7.10. The molecule has 0 fully saturated rings. The van der Waals surface area contributed by atoms with Gasteiger partial charge >= 0.3 is 0 Å². The predicted octanol–water partition coefficient (Wildman–Crippen LogP) is 13.0. The van der Waals surface area contributed by atoms with Gasteiger partial charge in [0, 0.05) is 44.3 Å². The van der Waals surface area contributed by atoms with Crippen molar-refractivity contribution in [3.05, 3.63) is 199 Å². The molecule has 0 saturated heterocycles. The average Bonchev–Trinajstić information content (AvgIpc) is 3.78. The second-order valence-corrected chi connectivity index (χ2v) is 16.5. The van der Waals surface area contributed by atoms with Crippen LogP contribution >= 0.6 is 0 Å². The van der Waals surface area contributed by atoms with Crippen LogP contribution in [0.25, 0.3) is 77.1 Å². The number of aromatic nitrogens is 1. The monoisotopic (exact) mass is 738 g/mol. The van der Waals surface area contributed by atoms with Crippen molar-refractivity contribution in [3.8, 4) is 44.5 Å². The summed E-state index contributed by atoms with van der Waals surface area (Å²) >= 11 is 0. The van der Waals surface area contributed by atoms with E-state index in [4.69, 9.17) is 0 Å². The molecule has 0 bridgehead atoms. The van der Waals surface area contributed by atoms with Crippen LogP contribution in [0.15, 0.2) is 188 Å². The summed E-state index contributed by atoms with van der Waals surface area (Å²) in [5, 5.41) is 5.09. The van der Waals surface area contributed by atoms with Gasteiger partial charge in [-0.3, -0.25) is 0 Å². The van der Waals surface area contributed by atoms with Crippen molar-refractivity contribution in [3.63, 3.8) is 0 Å². The van der Waals surface area contributed by atoms with E-state index in [2.05, 4.69) is 212 Å². The second-order valence-electron chi connectivity index (χ2n) is 16.5. The van der Waals surface area contributed by atoms with E-state index in [0.29, 0.717) is 0 Å². The molecule has 3 heteroatoms. The number of aromatic amines is 1. The molecule has 0 saturated carbocycles. The number of hydrogen-bond acceptors (Lipinski definition) is 1. The lowest BCUT2D eigenvalue weighted by molar-refractivity contribution is 0.662. The van der Waals surface area contributed by atoms with E-state index in [1.165, 1.54) is 111 Å². The molecule has 0 spiro atoms. The summed E-state index contributed by atoms with van der Waals surface area (Å²) in [5.41, 5.74) is 21.4. The number of hydrogen-bond donors (Lipinski definition) is 1. The third kappa shape index (κ3) is 4.80. The number of H-pyrrole nitrogens is 1. The average molecular weight is 739 g/mol. The summed E-state index contributed by atoms with van der Waals surface area (Å²) in [6.07, 6.45) is 0. The van der Waals surface area contributed by atoms with E-state index in [1.54, 1.807) is 0 Å². The molecule has 0 unspecified atom stereocenters. The normalized spacial score (nSPS) is 13.6. The van der Waals surface area contributed by atoms with Crippen molar-refractivity contribution >= 4 is 67.8 Å². The van der Waals surface area contributed by atoms with Gasteiger partial charge in [0.15, 0.2) is 7.28 Å². The lowest BCUT2D eigenvalue weighted by Gasteiger charge is -2.37. The van der Waals surface area contributed by atoms with Gasteiger partial charge in [-0.2, -0.15) is 0 Å². The molecule has 58 heavy (non-hydrogen) atoms. The van der Waals surface area contributed by atoms with Gasteiger partial charge < -0.3 is 9.88 Å². The third-order valence-corrected chi connectivity index (χ3v) is 13.0. The molecule has 2 aliphatic rings. The van der Waals surface area contributed by atoms with Gasteiger partial charge in [0.1, 0.15) is 0 Å². The van der Waals surface area contributed by atoms with Gasteiger partial charge in [0.05, 0.1) is 5.52 Å². The van der Waals surface area contributed by atoms with Crippen molar-refractivity contribution in [2.75, 3.05) is 4.90 Å². The molecule has 1 aromatic heterocycles. The number of para-hydroxylation sites is 1. The van der Waals surface area contributed by atoms with Crippen molar-refractivity contribution in [1.29, 1.82) is 0 Å². The first-order valence-corrected chi connectivity index (χ1v) is 20.4. The van der Waals surface area contributed by atoms with Crippen LogP contribution in [0.1, 0.15) is 25.0 Å². The number of fused-ring (bicyclic) bond motifs is 10. The SMILES string of the molecule is CC1(C)c2ccccc2-c2cc3c(c(-c4cccc5c4[nH]c4ccc6ccccc6c45)c21)Bc1cc(-c2ccccc2)ccc1N3c1ccc(-c2ccccc2)cc1. The molecule has 0 atom stereocenters. The Hall–Kier alpha value is -7.10. The maximum Gasteiger partial charge on any atom is 0.198 e. The van der Waals surface area contributed by atoms with Crippen molar-refractivity contribution in [2.24, 2.45) is 0 Å². The highest BCUT2D eigenvalue weighted by atomic mass is 15.1. The first-order chi connectivity index (χ1) is 28.5. The van der Waals surface area contributed by atoms with Gasteiger partial charge in [-0.05, 0) is 96.6 Å². The van der Waals surface area contributed by atoms with Crippen LogP contribution in [0.2, 0.25) is 0 Å². The molecule has 12 rings (SSSR count). The fourth-order valence-electron chi connectivity index (χ4n) is 10.3.